The molecule has 0 bridgehead atoms. The molecule has 0 fully saturated rings. The lowest BCUT2D eigenvalue weighted by molar-refractivity contribution is 0.1000. The van der Waals surface area contributed by atoms with E-state index >= 15 is 0 Å². The number of fused-ring (bicyclic) bond motifs is 4. The maximum Gasteiger partial charge on any atom is 0.322 e. The lowest BCUT2D eigenvalue weighted by atomic mass is 9.96. The number of rotatable bonds is 4. The Morgan fingerprint density at radius 3 is 2.59 bits per heavy atom. The summed E-state index contributed by atoms with van der Waals surface area (Å²) < 4.78 is 6.55. The minimum absolute atomic E-state index is 0.147. The van der Waals surface area contributed by atoms with E-state index in [2.05, 4.69) is 21.5 Å². The molecule has 34 heavy (non-hydrogen) atoms. The van der Waals surface area contributed by atoms with Crippen LogP contribution in [0, 0.1) is 4.91 Å². The lowest BCUT2D eigenvalue weighted by Gasteiger charge is -2.22. The second-order valence-corrected chi connectivity index (χ2v) is 8.41. The number of nitrogens with zero attached hydrogens (tertiary/aromatic N) is 1. The van der Waals surface area contributed by atoms with Gasteiger partial charge in [0.15, 0.2) is 0 Å². The number of nitrogens with one attached hydrogen (secondary N) is 2. The van der Waals surface area contributed by atoms with Gasteiger partial charge >= 0.3 is 5.91 Å². The van der Waals surface area contributed by atoms with Crippen molar-refractivity contribution in [3.8, 4) is 22.6 Å². The Kier molecular flexibility index (Phi) is 4.93. The van der Waals surface area contributed by atoms with E-state index in [0.717, 1.165) is 58.1 Å². The smallest absolute Gasteiger partial charge is 0.322 e. The van der Waals surface area contributed by atoms with Gasteiger partial charge in [-0.2, -0.15) is 0 Å². The minimum Gasteiger partial charge on any atom is -0.455 e. The van der Waals surface area contributed by atoms with E-state index < -0.39 is 5.91 Å². The number of hydrogen-bond acceptors (Lipinski definition) is 4. The van der Waals surface area contributed by atoms with E-state index in [0.29, 0.717) is 17.0 Å². The van der Waals surface area contributed by atoms with Crippen LogP contribution in [0.3, 0.4) is 0 Å². The second-order valence-electron chi connectivity index (χ2n) is 8.41. The summed E-state index contributed by atoms with van der Waals surface area (Å²) in [6.07, 6.45) is 0.815. The van der Waals surface area contributed by atoms with E-state index in [-0.39, 0.29) is 5.56 Å². The van der Waals surface area contributed by atoms with Gasteiger partial charge in [-0.15, -0.1) is 4.91 Å². The van der Waals surface area contributed by atoms with Gasteiger partial charge in [0.1, 0.15) is 17.1 Å². The standard InChI is InChI=1S/C28H21N3O3/c32-28(31-33)25-26-22(20-10-4-5-11-23(20)30-26)15-21(17-7-2-1-3-8-17)27(25)34-24-12-6-9-18-16-29-14-13-19(18)24/h1-12,15,29-30H,13-14,16H2. The summed E-state index contributed by atoms with van der Waals surface area (Å²) in [5, 5.41) is 7.98. The highest BCUT2D eigenvalue weighted by molar-refractivity contribution is 6.18. The maximum atomic E-state index is 13.0. The molecule has 1 aliphatic heterocycles. The van der Waals surface area contributed by atoms with Crippen molar-refractivity contribution in [3.63, 3.8) is 0 Å². The number of H-pyrrole nitrogens is 1. The highest BCUT2D eigenvalue weighted by Gasteiger charge is 2.26. The van der Waals surface area contributed by atoms with Crippen molar-refractivity contribution in [1.82, 2.24) is 10.3 Å². The Hall–Kier alpha value is -4.29. The normalized spacial score (nSPS) is 13.1. The Morgan fingerprint density at radius 1 is 0.912 bits per heavy atom. The summed E-state index contributed by atoms with van der Waals surface area (Å²) >= 11 is 0. The van der Waals surface area contributed by atoms with Gasteiger partial charge < -0.3 is 15.0 Å². The third-order valence-electron chi connectivity index (χ3n) is 6.45. The third-order valence-corrected chi connectivity index (χ3v) is 6.45. The molecule has 0 radical (unpaired) electrons. The first-order valence-corrected chi connectivity index (χ1v) is 11.2. The molecule has 6 nitrogen and oxygen atoms in total. The van der Waals surface area contributed by atoms with Crippen LogP contribution < -0.4 is 10.1 Å². The van der Waals surface area contributed by atoms with E-state index in [4.69, 9.17) is 4.74 Å². The van der Waals surface area contributed by atoms with Gasteiger partial charge in [-0.1, -0.05) is 60.7 Å². The molecular formula is C28H21N3O3. The van der Waals surface area contributed by atoms with Gasteiger partial charge in [0, 0.05) is 39.1 Å². The van der Waals surface area contributed by atoms with Crippen molar-refractivity contribution in [3.05, 3.63) is 100 Å². The predicted octanol–water partition coefficient (Wildman–Crippen LogP) is 6.33. The van der Waals surface area contributed by atoms with Crippen LogP contribution in [0.2, 0.25) is 0 Å². The zero-order valence-corrected chi connectivity index (χ0v) is 18.3. The summed E-state index contributed by atoms with van der Waals surface area (Å²) in [5.41, 5.74) is 5.46. The van der Waals surface area contributed by atoms with E-state index in [9.17, 15) is 9.70 Å². The molecule has 4 aromatic carbocycles. The summed E-state index contributed by atoms with van der Waals surface area (Å²) in [5.74, 6) is 0.157. The molecule has 1 aliphatic rings. The molecule has 6 heteroatoms. The number of amides is 1. The SMILES string of the molecule is O=NC(=O)c1c(Oc2cccc3c2CCNC3)c(-c2ccccc2)cc2c1[nH]c1ccccc12. The number of aromatic nitrogens is 1. The molecule has 166 valence electrons. The van der Waals surface area contributed by atoms with Crippen LogP contribution in [-0.4, -0.2) is 17.4 Å². The maximum absolute atomic E-state index is 13.0. The number of hydrogen-bond donors (Lipinski definition) is 2. The van der Waals surface area contributed by atoms with Crippen LogP contribution >= 0.6 is 0 Å². The Morgan fingerprint density at radius 2 is 1.74 bits per heavy atom. The van der Waals surface area contributed by atoms with E-state index in [1.165, 1.54) is 0 Å². The number of aromatic amines is 1. The molecule has 2 heterocycles. The number of carbonyl (C=O) groups is 1. The quantitative estimate of drug-likeness (QED) is 0.315. The molecule has 0 aliphatic carbocycles. The van der Waals surface area contributed by atoms with Crippen LogP contribution in [0.25, 0.3) is 32.9 Å². The van der Waals surface area contributed by atoms with E-state index in [1.807, 2.05) is 72.8 Å². The fourth-order valence-corrected chi connectivity index (χ4v) is 4.86. The summed E-state index contributed by atoms with van der Waals surface area (Å²) in [4.78, 5) is 27.9. The molecule has 1 amide bonds. The fourth-order valence-electron chi connectivity index (χ4n) is 4.86. The zero-order chi connectivity index (χ0) is 23.1. The first kappa shape index (κ1) is 20.3. The zero-order valence-electron chi connectivity index (χ0n) is 18.3. The fraction of sp³-hybridized carbons (Fsp3) is 0.107. The summed E-state index contributed by atoms with van der Waals surface area (Å²) in [6.45, 7) is 1.61. The molecule has 5 aromatic rings. The minimum atomic E-state index is -0.865. The van der Waals surface area contributed by atoms with Crippen molar-refractivity contribution in [2.24, 2.45) is 5.18 Å². The topological polar surface area (TPSA) is 83.6 Å². The van der Waals surface area contributed by atoms with Crippen molar-refractivity contribution in [2.45, 2.75) is 13.0 Å². The van der Waals surface area contributed by atoms with Gasteiger partial charge in [-0.05, 0) is 42.3 Å². The van der Waals surface area contributed by atoms with Crippen LogP contribution in [0.15, 0.2) is 84.0 Å². The second kappa shape index (κ2) is 8.24. The van der Waals surface area contributed by atoms with Crippen molar-refractivity contribution < 1.29 is 9.53 Å². The number of nitroso groups, excluding NO2 is 1. The summed E-state index contributed by atoms with van der Waals surface area (Å²) in [7, 11) is 0. The van der Waals surface area contributed by atoms with Gasteiger partial charge in [-0.3, -0.25) is 4.79 Å². The van der Waals surface area contributed by atoms with Crippen LogP contribution in [-0.2, 0) is 13.0 Å². The highest BCUT2D eigenvalue weighted by Crippen LogP contribution is 2.44. The molecule has 0 spiro atoms. The monoisotopic (exact) mass is 447 g/mol. The van der Waals surface area contributed by atoms with Crippen molar-refractivity contribution in [2.75, 3.05) is 6.54 Å². The first-order chi connectivity index (χ1) is 16.7. The van der Waals surface area contributed by atoms with Crippen LogP contribution in [0.5, 0.6) is 11.5 Å². The predicted molar refractivity (Wildman–Crippen MR) is 133 cm³/mol. The third kappa shape index (κ3) is 3.27. The van der Waals surface area contributed by atoms with Gasteiger partial charge in [0.2, 0.25) is 0 Å². The Balaban J connectivity index is 1.69. The van der Waals surface area contributed by atoms with Crippen molar-refractivity contribution >= 4 is 27.7 Å². The molecule has 2 N–H and O–H groups in total. The van der Waals surface area contributed by atoms with Gasteiger partial charge in [-0.25, -0.2) is 0 Å². The number of benzene rings is 4. The summed E-state index contributed by atoms with van der Waals surface area (Å²) in [6, 6.07) is 25.5. The molecule has 1 aromatic heterocycles. The number of ether oxygens (including phenoxy) is 1. The number of para-hydroxylation sites is 1. The molecule has 6 rings (SSSR count). The molecule has 0 saturated heterocycles. The van der Waals surface area contributed by atoms with E-state index in [1.54, 1.807) is 0 Å². The number of carbonyl (C=O) groups excluding carboxylic acids is 1. The van der Waals surface area contributed by atoms with Crippen LogP contribution in [0.1, 0.15) is 21.5 Å². The molecular weight excluding hydrogens is 426 g/mol. The molecule has 0 unspecified atom stereocenters. The lowest BCUT2D eigenvalue weighted by Crippen LogP contribution is -2.23. The first-order valence-electron chi connectivity index (χ1n) is 11.2. The van der Waals surface area contributed by atoms with Crippen LogP contribution in [0.4, 0.5) is 0 Å². The molecule has 0 saturated carbocycles. The Labute approximate surface area is 195 Å². The largest absolute Gasteiger partial charge is 0.455 e. The van der Waals surface area contributed by atoms with Gasteiger partial charge in [0.05, 0.1) is 5.52 Å². The van der Waals surface area contributed by atoms with Crippen molar-refractivity contribution in [1.29, 1.82) is 0 Å². The average Bonchev–Trinajstić information content (AvgIpc) is 3.26. The Bertz CT molecular complexity index is 1570. The average molecular weight is 447 g/mol. The highest BCUT2D eigenvalue weighted by atomic mass is 16.5. The van der Waals surface area contributed by atoms with Gasteiger partial charge in [0.25, 0.3) is 0 Å². The molecule has 0 atom stereocenters.